The van der Waals surface area contributed by atoms with Crippen molar-refractivity contribution in [1.29, 1.82) is 0 Å². The number of carbonyl (C=O) groups is 1. The summed E-state index contributed by atoms with van der Waals surface area (Å²) in [6.07, 6.45) is 2.24. The van der Waals surface area contributed by atoms with E-state index in [4.69, 9.17) is 0 Å². The number of hydrogen-bond acceptors (Lipinski definition) is 5. The molecular formula is C19H25N3O3S2. The van der Waals surface area contributed by atoms with Crippen LogP contribution in [-0.4, -0.2) is 44.8 Å². The second-order valence-electron chi connectivity index (χ2n) is 6.57. The van der Waals surface area contributed by atoms with Gasteiger partial charge < -0.3 is 10.6 Å². The van der Waals surface area contributed by atoms with E-state index in [2.05, 4.69) is 10.6 Å². The predicted molar refractivity (Wildman–Crippen MR) is 108 cm³/mol. The molecule has 6 nitrogen and oxygen atoms in total. The molecule has 1 fully saturated rings. The van der Waals surface area contributed by atoms with Crippen molar-refractivity contribution in [3.8, 4) is 0 Å². The Labute approximate surface area is 164 Å². The van der Waals surface area contributed by atoms with Crippen molar-refractivity contribution in [2.75, 3.05) is 31.5 Å². The lowest BCUT2D eigenvalue weighted by Gasteiger charge is -2.30. The lowest BCUT2D eigenvalue weighted by Crippen LogP contribution is -2.45. The third kappa shape index (κ3) is 5.31. The van der Waals surface area contributed by atoms with Gasteiger partial charge in [0, 0.05) is 31.9 Å². The molecule has 0 spiro atoms. The highest BCUT2D eigenvalue weighted by atomic mass is 32.2. The molecule has 1 saturated heterocycles. The van der Waals surface area contributed by atoms with Gasteiger partial charge in [0.2, 0.25) is 5.91 Å². The van der Waals surface area contributed by atoms with Crippen LogP contribution in [0.3, 0.4) is 0 Å². The molecule has 1 aromatic carbocycles. The molecule has 1 amide bonds. The Bertz CT molecular complexity index is 823. The predicted octanol–water partition coefficient (Wildman–Crippen LogP) is 2.77. The van der Waals surface area contributed by atoms with Gasteiger partial charge in [0.05, 0.1) is 5.92 Å². The molecule has 2 heterocycles. The van der Waals surface area contributed by atoms with E-state index in [-0.39, 0.29) is 18.4 Å². The van der Waals surface area contributed by atoms with E-state index in [0.29, 0.717) is 23.7 Å². The minimum absolute atomic E-state index is 0.0548. The standard InChI is InChI=1S/C19H25N3O3S2/c23-19(21-12-6-11-20-17-8-2-1-3-9-17)16-7-4-13-22(15-16)27(24,25)18-10-5-14-26-18/h1-3,5,8-10,14,16,20H,4,6-7,11-13,15H2,(H,21,23). The number of piperidine rings is 1. The summed E-state index contributed by atoms with van der Waals surface area (Å²) in [5.74, 6) is -0.337. The highest BCUT2D eigenvalue weighted by molar-refractivity contribution is 7.91. The molecule has 0 saturated carbocycles. The van der Waals surface area contributed by atoms with E-state index < -0.39 is 10.0 Å². The van der Waals surface area contributed by atoms with Crippen molar-refractivity contribution in [3.05, 3.63) is 47.8 Å². The van der Waals surface area contributed by atoms with Gasteiger partial charge in [-0.2, -0.15) is 4.31 Å². The monoisotopic (exact) mass is 407 g/mol. The first-order valence-corrected chi connectivity index (χ1v) is 11.5. The summed E-state index contributed by atoms with van der Waals surface area (Å²) in [5.41, 5.74) is 1.06. The molecule has 1 unspecified atom stereocenters. The Morgan fingerprint density at radius 2 is 1.96 bits per heavy atom. The van der Waals surface area contributed by atoms with Crippen molar-refractivity contribution < 1.29 is 13.2 Å². The first kappa shape index (κ1) is 19.9. The van der Waals surface area contributed by atoms with Gasteiger partial charge in [0.1, 0.15) is 4.21 Å². The van der Waals surface area contributed by atoms with Crippen LogP contribution in [0.2, 0.25) is 0 Å². The lowest BCUT2D eigenvalue weighted by molar-refractivity contribution is -0.126. The van der Waals surface area contributed by atoms with Crippen LogP contribution in [0.1, 0.15) is 19.3 Å². The number of rotatable bonds is 8. The number of para-hydroxylation sites is 1. The molecule has 1 aromatic heterocycles. The summed E-state index contributed by atoms with van der Waals surface area (Å²) in [7, 11) is -3.48. The van der Waals surface area contributed by atoms with Crippen LogP contribution in [-0.2, 0) is 14.8 Å². The van der Waals surface area contributed by atoms with Crippen LogP contribution in [0.5, 0.6) is 0 Å². The molecule has 27 heavy (non-hydrogen) atoms. The Kier molecular flexibility index (Phi) is 6.87. The normalized spacial score (nSPS) is 18.1. The minimum Gasteiger partial charge on any atom is -0.385 e. The van der Waals surface area contributed by atoms with Gasteiger partial charge >= 0.3 is 0 Å². The lowest BCUT2D eigenvalue weighted by atomic mass is 9.99. The third-order valence-corrected chi connectivity index (χ3v) is 7.84. The summed E-state index contributed by atoms with van der Waals surface area (Å²) in [4.78, 5) is 12.4. The average Bonchev–Trinajstić information content (AvgIpc) is 3.24. The Hall–Kier alpha value is -1.90. The number of hydrogen-bond donors (Lipinski definition) is 2. The fourth-order valence-corrected chi connectivity index (χ4v) is 5.81. The maximum absolute atomic E-state index is 12.6. The topological polar surface area (TPSA) is 78.5 Å². The van der Waals surface area contributed by atoms with Gasteiger partial charge in [-0.25, -0.2) is 8.42 Å². The number of benzene rings is 1. The smallest absolute Gasteiger partial charge is 0.252 e. The summed E-state index contributed by atoms with van der Waals surface area (Å²) in [6.45, 7) is 2.08. The molecule has 3 rings (SSSR count). The first-order chi connectivity index (χ1) is 13.1. The van der Waals surface area contributed by atoms with Crippen molar-refractivity contribution in [2.45, 2.75) is 23.5 Å². The number of carbonyl (C=O) groups excluding carboxylic acids is 1. The van der Waals surface area contributed by atoms with Gasteiger partial charge in [0.15, 0.2) is 0 Å². The Morgan fingerprint density at radius 1 is 1.15 bits per heavy atom. The van der Waals surface area contributed by atoms with Crippen LogP contribution in [0, 0.1) is 5.92 Å². The molecule has 1 aliphatic rings. The molecule has 0 aliphatic carbocycles. The minimum atomic E-state index is -3.48. The van der Waals surface area contributed by atoms with E-state index in [1.165, 1.54) is 15.6 Å². The van der Waals surface area contributed by atoms with Crippen LogP contribution >= 0.6 is 11.3 Å². The van der Waals surface area contributed by atoms with E-state index in [1.807, 2.05) is 30.3 Å². The second-order valence-corrected chi connectivity index (χ2v) is 9.68. The number of anilines is 1. The molecule has 0 bridgehead atoms. The largest absolute Gasteiger partial charge is 0.385 e. The average molecular weight is 408 g/mol. The molecule has 0 radical (unpaired) electrons. The van der Waals surface area contributed by atoms with Gasteiger partial charge in [-0.3, -0.25) is 4.79 Å². The van der Waals surface area contributed by atoms with Crippen molar-refractivity contribution in [1.82, 2.24) is 9.62 Å². The summed E-state index contributed by atoms with van der Waals surface area (Å²) < 4.78 is 27.1. The van der Waals surface area contributed by atoms with E-state index in [9.17, 15) is 13.2 Å². The van der Waals surface area contributed by atoms with Crippen LogP contribution in [0.25, 0.3) is 0 Å². The second kappa shape index (κ2) is 9.34. The van der Waals surface area contributed by atoms with Gasteiger partial charge in [0.25, 0.3) is 10.0 Å². The quantitative estimate of drug-likeness (QED) is 0.660. The Balaban J connectivity index is 1.43. The number of thiophene rings is 1. The molecular weight excluding hydrogens is 382 g/mol. The maximum Gasteiger partial charge on any atom is 0.252 e. The fraction of sp³-hybridized carbons (Fsp3) is 0.421. The fourth-order valence-electron chi connectivity index (χ4n) is 3.15. The number of nitrogens with one attached hydrogen (secondary N) is 2. The van der Waals surface area contributed by atoms with Crippen molar-refractivity contribution in [3.63, 3.8) is 0 Å². The van der Waals surface area contributed by atoms with Gasteiger partial charge in [-0.1, -0.05) is 24.3 Å². The Morgan fingerprint density at radius 3 is 2.70 bits per heavy atom. The molecule has 2 aromatic rings. The SMILES string of the molecule is O=C(NCCCNc1ccccc1)C1CCCN(S(=O)(=O)c2cccs2)C1. The van der Waals surface area contributed by atoms with E-state index in [0.717, 1.165) is 25.1 Å². The van der Waals surface area contributed by atoms with E-state index >= 15 is 0 Å². The molecule has 1 atom stereocenters. The van der Waals surface area contributed by atoms with Gasteiger partial charge in [-0.05, 0) is 42.8 Å². The molecule has 8 heteroatoms. The zero-order valence-electron chi connectivity index (χ0n) is 15.1. The van der Waals surface area contributed by atoms with Crippen LogP contribution < -0.4 is 10.6 Å². The van der Waals surface area contributed by atoms with Crippen LogP contribution in [0.15, 0.2) is 52.1 Å². The highest BCUT2D eigenvalue weighted by Crippen LogP contribution is 2.26. The summed E-state index contributed by atoms with van der Waals surface area (Å²) in [6, 6.07) is 13.3. The zero-order chi connectivity index (χ0) is 19.1. The van der Waals surface area contributed by atoms with Crippen LogP contribution in [0.4, 0.5) is 5.69 Å². The summed E-state index contributed by atoms with van der Waals surface area (Å²) >= 11 is 1.21. The molecule has 146 valence electrons. The molecule has 2 N–H and O–H groups in total. The van der Waals surface area contributed by atoms with Crippen molar-refractivity contribution >= 4 is 33.0 Å². The highest BCUT2D eigenvalue weighted by Gasteiger charge is 2.33. The maximum atomic E-state index is 12.6. The number of amides is 1. The molecule has 1 aliphatic heterocycles. The summed E-state index contributed by atoms with van der Waals surface area (Å²) in [5, 5.41) is 8.00. The zero-order valence-corrected chi connectivity index (χ0v) is 16.8. The van der Waals surface area contributed by atoms with Crippen molar-refractivity contribution in [2.24, 2.45) is 5.92 Å². The third-order valence-electron chi connectivity index (χ3n) is 4.60. The van der Waals surface area contributed by atoms with E-state index in [1.54, 1.807) is 17.5 Å². The number of sulfonamides is 1. The van der Waals surface area contributed by atoms with Gasteiger partial charge in [-0.15, -0.1) is 11.3 Å². The number of nitrogens with zero attached hydrogens (tertiary/aromatic N) is 1. The first-order valence-electron chi connectivity index (χ1n) is 9.17.